The Morgan fingerprint density at radius 2 is 1.07 bits per heavy atom. The monoisotopic (exact) mass is 403 g/mol. The lowest BCUT2D eigenvalue weighted by Crippen LogP contribution is -2.22. The van der Waals surface area contributed by atoms with Gasteiger partial charge >= 0.3 is 10.1 Å². The average molecular weight is 404 g/mol. The summed E-state index contributed by atoms with van der Waals surface area (Å²) in [6, 6.07) is 0. The van der Waals surface area contributed by atoms with E-state index in [1.807, 2.05) is 0 Å². The molecule has 6 heteroatoms. The van der Waals surface area contributed by atoms with Crippen LogP contribution in [0.1, 0.15) is 110 Å². The molecule has 0 aromatic heterocycles. The maximum atomic E-state index is 11.5. The van der Waals surface area contributed by atoms with Gasteiger partial charge in [-0.25, -0.2) is 0 Å². The Balaban J connectivity index is 3.30. The van der Waals surface area contributed by atoms with Crippen LogP contribution in [0.2, 0.25) is 0 Å². The molecule has 160 valence electrons. The highest BCUT2D eigenvalue weighted by Crippen LogP contribution is 2.14. The molecular formula is C21H41NO4S. The van der Waals surface area contributed by atoms with Crippen molar-refractivity contribution in [3.05, 3.63) is 11.5 Å². The molecule has 0 aromatic rings. The number of hydrogen-bond acceptors (Lipinski definition) is 4. The molecule has 0 rings (SSSR count). The molecule has 0 bridgehead atoms. The number of primary amides is 1. The normalized spacial score (nSPS) is 11.6. The highest BCUT2D eigenvalue weighted by molar-refractivity contribution is 7.91. The van der Waals surface area contributed by atoms with Gasteiger partial charge < -0.3 is 5.73 Å². The summed E-state index contributed by atoms with van der Waals surface area (Å²) in [5, 5.41) is 0. The van der Waals surface area contributed by atoms with Crippen LogP contribution in [0, 0.1) is 0 Å². The summed E-state index contributed by atoms with van der Waals surface area (Å²) >= 11 is 0. The van der Waals surface area contributed by atoms with Gasteiger partial charge in [0.2, 0.25) is 0 Å². The van der Waals surface area contributed by atoms with Gasteiger partial charge in [-0.2, -0.15) is 8.42 Å². The number of carbonyl (C=O) groups is 1. The van der Waals surface area contributed by atoms with Crippen molar-refractivity contribution in [3.8, 4) is 0 Å². The van der Waals surface area contributed by atoms with Crippen molar-refractivity contribution in [1.82, 2.24) is 0 Å². The molecule has 0 heterocycles. The zero-order valence-electron chi connectivity index (χ0n) is 17.3. The van der Waals surface area contributed by atoms with E-state index in [-0.39, 0.29) is 6.61 Å². The first-order valence-corrected chi connectivity index (χ1v) is 12.2. The SMILES string of the molecule is C=C(C(N)=O)S(=O)(=O)OCCCCCCCCCCCCCCCCCC. The predicted molar refractivity (Wildman–Crippen MR) is 113 cm³/mol. The molecule has 0 aromatic carbocycles. The number of amides is 1. The molecule has 0 saturated carbocycles. The van der Waals surface area contributed by atoms with Gasteiger partial charge in [0.15, 0.2) is 4.91 Å². The van der Waals surface area contributed by atoms with Crippen LogP contribution in [0.25, 0.3) is 0 Å². The summed E-state index contributed by atoms with van der Waals surface area (Å²) in [5.74, 6) is -1.07. The number of nitrogens with two attached hydrogens (primary N) is 1. The van der Waals surface area contributed by atoms with Crippen molar-refractivity contribution in [1.29, 1.82) is 0 Å². The molecule has 0 aliphatic carbocycles. The molecule has 27 heavy (non-hydrogen) atoms. The summed E-state index contributed by atoms with van der Waals surface area (Å²) in [5.41, 5.74) is 4.89. The fourth-order valence-corrected chi connectivity index (χ4v) is 3.74. The molecule has 0 radical (unpaired) electrons. The molecule has 0 saturated heterocycles. The van der Waals surface area contributed by atoms with Crippen molar-refractivity contribution >= 4 is 16.0 Å². The summed E-state index contributed by atoms with van der Waals surface area (Å²) in [4.78, 5) is 10.1. The topological polar surface area (TPSA) is 86.5 Å². The van der Waals surface area contributed by atoms with Gasteiger partial charge in [0.25, 0.3) is 5.91 Å². The van der Waals surface area contributed by atoms with Crippen molar-refractivity contribution in [3.63, 3.8) is 0 Å². The Hall–Kier alpha value is -0.880. The highest BCUT2D eigenvalue weighted by atomic mass is 32.2. The van der Waals surface area contributed by atoms with Crippen molar-refractivity contribution in [2.75, 3.05) is 6.61 Å². The van der Waals surface area contributed by atoms with Crippen LogP contribution in [0.15, 0.2) is 11.5 Å². The van der Waals surface area contributed by atoms with E-state index in [0.29, 0.717) is 6.42 Å². The van der Waals surface area contributed by atoms with E-state index in [4.69, 9.17) is 9.92 Å². The fraction of sp³-hybridized carbons (Fsp3) is 0.857. The lowest BCUT2D eigenvalue weighted by atomic mass is 10.0. The predicted octanol–water partition coefficient (Wildman–Crippen LogP) is 5.59. The number of rotatable bonds is 20. The third-order valence-corrected chi connectivity index (χ3v) is 6.09. The van der Waals surface area contributed by atoms with E-state index >= 15 is 0 Å². The average Bonchev–Trinajstić information content (AvgIpc) is 2.63. The summed E-state index contributed by atoms with van der Waals surface area (Å²) in [6.07, 6.45) is 20.1. The quantitative estimate of drug-likeness (QED) is 0.163. The second-order valence-electron chi connectivity index (χ2n) is 7.37. The van der Waals surface area contributed by atoms with Gasteiger partial charge in [-0.15, -0.1) is 0 Å². The summed E-state index contributed by atoms with van der Waals surface area (Å²) in [6.45, 7) is 5.47. The van der Waals surface area contributed by atoms with Crippen LogP contribution in [-0.4, -0.2) is 20.9 Å². The zero-order valence-corrected chi connectivity index (χ0v) is 18.2. The number of unbranched alkanes of at least 4 members (excludes halogenated alkanes) is 15. The third kappa shape index (κ3) is 15.8. The van der Waals surface area contributed by atoms with Crippen molar-refractivity contribution in [2.45, 2.75) is 110 Å². The largest absolute Gasteiger partial charge is 0.365 e. The Labute approximate surface area is 167 Å². The maximum absolute atomic E-state index is 11.5. The third-order valence-electron chi connectivity index (χ3n) is 4.81. The smallest absolute Gasteiger partial charge is 0.301 e. The molecule has 2 N–H and O–H groups in total. The van der Waals surface area contributed by atoms with Gasteiger partial charge in [-0.1, -0.05) is 110 Å². The van der Waals surface area contributed by atoms with Crippen molar-refractivity contribution in [2.24, 2.45) is 5.73 Å². The lowest BCUT2D eigenvalue weighted by Gasteiger charge is -2.06. The van der Waals surface area contributed by atoms with E-state index < -0.39 is 20.9 Å². The van der Waals surface area contributed by atoms with Crippen LogP contribution in [-0.2, 0) is 19.1 Å². The van der Waals surface area contributed by atoms with E-state index in [0.717, 1.165) is 12.8 Å². The van der Waals surface area contributed by atoms with Gasteiger partial charge in [0.1, 0.15) is 0 Å². The molecule has 0 aliphatic heterocycles. The molecule has 0 spiro atoms. The first-order chi connectivity index (χ1) is 12.9. The molecule has 0 atom stereocenters. The standard InChI is InChI=1S/C21H41NO4S/c1-3-4-5-6-7-8-9-10-11-12-13-14-15-16-17-18-19-26-27(24,25)20(2)21(22)23/h2-19H2,1H3,(H2,22,23). The minimum absolute atomic E-state index is 0.0765. The van der Waals surface area contributed by atoms with Crippen LogP contribution >= 0.6 is 0 Å². The molecule has 0 unspecified atom stereocenters. The minimum Gasteiger partial charge on any atom is -0.365 e. The first kappa shape index (κ1) is 26.1. The van der Waals surface area contributed by atoms with Crippen molar-refractivity contribution < 1.29 is 17.4 Å². The molecular weight excluding hydrogens is 362 g/mol. The molecule has 5 nitrogen and oxygen atoms in total. The van der Waals surface area contributed by atoms with E-state index in [1.165, 1.54) is 83.5 Å². The van der Waals surface area contributed by atoms with E-state index in [9.17, 15) is 13.2 Å². The first-order valence-electron chi connectivity index (χ1n) is 10.8. The van der Waals surface area contributed by atoms with Crippen LogP contribution < -0.4 is 5.73 Å². The molecule has 1 amide bonds. The van der Waals surface area contributed by atoms with Gasteiger partial charge in [-0.05, 0) is 6.42 Å². The highest BCUT2D eigenvalue weighted by Gasteiger charge is 2.20. The second kappa shape index (κ2) is 17.2. The Kier molecular flexibility index (Phi) is 16.7. The zero-order chi connectivity index (χ0) is 20.4. The fourth-order valence-electron chi connectivity index (χ4n) is 3.01. The van der Waals surface area contributed by atoms with Crippen LogP contribution in [0.5, 0.6) is 0 Å². The maximum Gasteiger partial charge on any atom is 0.301 e. The lowest BCUT2D eigenvalue weighted by molar-refractivity contribution is -0.114. The summed E-state index contributed by atoms with van der Waals surface area (Å²) in [7, 11) is -4.05. The molecule has 0 aliphatic rings. The minimum atomic E-state index is -4.05. The molecule has 0 fully saturated rings. The number of hydrogen-bond donors (Lipinski definition) is 1. The van der Waals surface area contributed by atoms with E-state index in [1.54, 1.807) is 0 Å². The van der Waals surface area contributed by atoms with Crippen LogP contribution in [0.4, 0.5) is 0 Å². The van der Waals surface area contributed by atoms with Gasteiger partial charge in [0.05, 0.1) is 6.61 Å². The Morgan fingerprint density at radius 3 is 1.41 bits per heavy atom. The van der Waals surface area contributed by atoms with E-state index in [2.05, 4.69) is 13.5 Å². The van der Waals surface area contributed by atoms with Gasteiger partial charge in [0, 0.05) is 0 Å². The number of carbonyl (C=O) groups excluding carboxylic acids is 1. The Morgan fingerprint density at radius 1 is 0.741 bits per heavy atom. The van der Waals surface area contributed by atoms with Crippen LogP contribution in [0.3, 0.4) is 0 Å². The Bertz CT molecular complexity index is 488. The second-order valence-corrected chi connectivity index (χ2v) is 9.00. The summed E-state index contributed by atoms with van der Waals surface area (Å²) < 4.78 is 27.8. The van der Waals surface area contributed by atoms with Gasteiger partial charge in [-0.3, -0.25) is 8.98 Å².